The topological polar surface area (TPSA) is 79.7 Å². The first kappa shape index (κ1) is 20.3. The van der Waals surface area contributed by atoms with Crippen LogP contribution in [0, 0.1) is 5.82 Å². The smallest absolute Gasteiger partial charge is 0.295 e. The first-order chi connectivity index (χ1) is 15.0. The number of ketones is 1. The van der Waals surface area contributed by atoms with Gasteiger partial charge in [0.05, 0.1) is 18.7 Å². The molecule has 1 fully saturated rings. The number of aliphatic hydroxyl groups is 1. The van der Waals surface area contributed by atoms with Gasteiger partial charge in [-0.1, -0.05) is 12.1 Å². The molecule has 0 bridgehead atoms. The molecule has 31 heavy (non-hydrogen) atoms. The summed E-state index contributed by atoms with van der Waals surface area (Å²) in [7, 11) is 1.54. The minimum absolute atomic E-state index is 0.0455. The Labute approximate surface area is 178 Å². The highest BCUT2D eigenvalue weighted by atomic mass is 19.1. The summed E-state index contributed by atoms with van der Waals surface area (Å²) in [6.45, 7) is 0.157. The lowest BCUT2D eigenvalue weighted by Crippen LogP contribution is -2.29. The standard InChI is InChI=1S/C24H19FN2O4/c1-31-19-8-4-16(5-9-19)21-20(22(28)17-2-6-18(25)7-3-17)23(29)24(30)27(21)14-15-10-12-26-13-11-15/h2-13,21,28H,14H2,1H3/b22-20+. The number of pyridine rings is 1. The summed E-state index contributed by atoms with van der Waals surface area (Å²) in [5.74, 6) is -1.72. The molecule has 0 saturated carbocycles. The van der Waals surface area contributed by atoms with Crippen molar-refractivity contribution in [3.8, 4) is 5.75 Å². The van der Waals surface area contributed by atoms with Gasteiger partial charge in [0.15, 0.2) is 0 Å². The highest BCUT2D eigenvalue weighted by Gasteiger charge is 2.46. The summed E-state index contributed by atoms with van der Waals surface area (Å²) in [6, 6.07) is 14.7. The maximum Gasteiger partial charge on any atom is 0.295 e. The molecule has 1 aliphatic heterocycles. The van der Waals surface area contributed by atoms with E-state index in [1.165, 1.54) is 29.2 Å². The van der Waals surface area contributed by atoms with Crippen LogP contribution in [-0.4, -0.2) is 33.8 Å². The van der Waals surface area contributed by atoms with Gasteiger partial charge in [0.1, 0.15) is 17.3 Å². The molecule has 4 rings (SSSR count). The lowest BCUT2D eigenvalue weighted by Gasteiger charge is -2.25. The number of Topliss-reactive ketones (excluding diaryl/α,β-unsaturated/α-hetero) is 1. The molecule has 0 aliphatic carbocycles. The van der Waals surface area contributed by atoms with E-state index >= 15 is 0 Å². The molecule has 7 heteroatoms. The predicted molar refractivity (Wildman–Crippen MR) is 111 cm³/mol. The number of hydrogen-bond acceptors (Lipinski definition) is 5. The molecule has 6 nitrogen and oxygen atoms in total. The van der Waals surface area contributed by atoms with Crippen LogP contribution in [-0.2, 0) is 16.1 Å². The number of aromatic nitrogens is 1. The molecule has 1 aliphatic rings. The summed E-state index contributed by atoms with van der Waals surface area (Å²) in [4.78, 5) is 31.3. The molecule has 3 aromatic rings. The van der Waals surface area contributed by atoms with Crippen molar-refractivity contribution in [1.29, 1.82) is 0 Å². The molecule has 0 radical (unpaired) electrons. The van der Waals surface area contributed by atoms with Gasteiger partial charge in [-0.25, -0.2) is 4.39 Å². The van der Waals surface area contributed by atoms with Gasteiger partial charge < -0.3 is 14.7 Å². The van der Waals surface area contributed by atoms with Crippen LogP contribution >= 0.6 is 0 Å². The third-order valence-electron chi connectivity index (χ3n) is 5.19. The Balaban J connectivity index is 1.85. The Morgan fingerprint density at radius 2 is 1.68 bits per heavy atom. The van der Waals surface area contributed by atoms with Crippen LogP contribution in [0.25, 0.3) is 5.76 Å². The van der Waals surface area contributed by atoms with E-state index in [1.807, 2.05) is 0 Å². The highest BCUT2D eigenvalue weighted by molar-refractivity contribution is 6.46. The second-order valence-corrected chi connectivity index (χ2v) is 7.06. The van der Waals surface area contributed by atoms with Crippen molar-refractivity contribution in [3.63, 3.8) is 0 Å². The number of methoxy groups -OCH3 is 1. The van der Waals surface area contributed by atoms with Crippen molar-refractivity contribution >= 4 is 17.4 Å². The molecule has 156 valence electrons. The average molecular weight is 418 g/mol. The van der Waals surface area contributed by atoms with E-state index in [2.05, 4.69) is 4.98 Å². The summed E-state index contributed by atoms with van der Waals surface area (Å²) < 4.78 is 18.5. The van der Waals surface area contributed by atoms with E-state index in [0.29, 0.717) is 11.3 Å². The molecule has 1 saturated heterocycles. The number of likely N-dealkylation sites (tertiary alicyclic amines) is 1. The van der Waals surface area contributed by atoms with Gasteiger partial charge in [0, 0.05) is 24.5 Å². The minimum atomic E-state index is -0.816. The molecule has 0 spiro atoms. The van der Waals surface area contributed by atoms with Gasteiger partial charge in [0.25, 0.3) is 11.7 Å². The van der Waals surface area contributed by atoms with E-state index in [1.54, 1.807) is 55.9 Å². The molecule has 2 aromatic carbocycles. The SMILES string of the molecule is COc1ccc(C2/C(=C(\O)c3ccc(F)cc3)C(=O)C(=O)N2Cc2ccncc2)cc1. The van der Waals surface area contributed by atoms with Crippen LogP contribution in [0.4, 0.5) is 4.39 Å². The number of carbonyl (C=O) groups is 2. The zero-order valence-electron chi connectivity index (χ0n) is 16.7. The predicted octanol–water partition coefficient (Wildman–Crippen LogP) is 3.85. The Morgan fingerprint density at radius 3 is 2.29 bits per heavy atom. The number of amides is 1. The van der Waals surface area contributed by atoms with E-state index < -0.39 is 23.5 Å². The molecular formula is C24H19FN2O4. The molecule has 1 aromatic heterocycles. The monoisotopic (exact) mass is 418 g/mol. The van der Waals surface area contributed by atoms with Crippen molar-refractivity contribution < 1.29 is 23.8 Å². The Kier molecular flexibility index (Phi) is 5.49. The zero-order chi connectivity index (χ0) is 22.0. The van der Waals surface area contributed by atoms with Crippen LogP contribution in [0.5, 0.6) is 5.75 Å². The summed E-state index contributed by atoms with van der Waals surface area (Å²) in [5, 5.41) is 10.9. The van der Waals surface area contributed by atoms with Gasteiger partial charge in [0.2, 0.25) is 0 Å². The van der Waals surface area contributed by atoms with Crippen LogP contribution in [0.3, 0.4) is 0 Å². The van der Waals surface area contributed by atoms with Gasteiger partial charge >= 0.3 is 0 Å². The fraction of sp³-hybridized carbons (Fsp3) is 0.125. The van der Waals surface area contributed by atoms with Crippen molar-refractivity contribution in [1.82, 2.24) is 9.88 Å². The number of benzene rings is 2. The van der Waals surface area contributed by atoms with E-state index in [0.717, 1.165) is 5.56 Å². The Hall–Kier alpha value is -4.00. The molecular weight excluding hydrogens is 399 g/mol. The number of halogens is 1. The number of hydrogen-bond donors (Lipinski definition) is 1. The van der Waals surface area contributed by atoms with Crippen molar-refractivity contribution in [3.05, 3.63) is 101 Å². The highest BCUT2D eigenvalue weighted by Crippen LogP contribution is 2.40. The molecule has 1 amide bonds. The first-order valence-corrected chi connectivity index (χ1v) is 9.57. The lowest BCUT2D eigenvalue weighted by atomic mass is 9.95. The molecule has 1 atom stereocenters. The van der Waals surface area contributed by atoms with Gasteiger partial charge in [-0.05, 0) is 59.7 Å². The van der Waals surface area contributed by atoms with Crippen LogP contribution < -0.4 is 4.74 Å². The Bertz CT molecular complexity index is 1140. The minimum Gasteiger partial charge on any atom is -0.507 e. The van der Waals surface area contributed by atoms with Crippen LogP contribution in [0.15, 0.2) is 78.6 Å². The Morgan fingerprint density at radius 1 is 1.03 bits per heavy atom. The quantitative estimate of drug-likeness (QED) is 0.387. The van der Waals surface area contributed by atoms with Crippen LogP contribution in [0.1, 0.15) is 22.7 Å². The van der Waals surface area contributed by atoms with Crippen molar-refractivity contribution in [2.45, 2.75) is 12.6 Å². The second kappa shape index (κ2) is 8.39. The van der Waals surface area contributed by atoms with Gasteiger partial charge in [-0.15, -0.1) is 0 Å². The maximum atomic E-state index is 13.3. The molecule has 1 unspecified atom stereocenters. The third kappa shape index (κ3) is 3.90. The largest absolute Gasteiger partial charge is 0.507 e. The summed E-state index contributed by atoms with van der Waals surface area (Å²) >= 11 is 0. The number of rotatable bonds is 5. The summed E-state index contributed by atoms with van der Waals surface area (Å²) in [5.41, 5.74) is 1.63. The van der Waals surface area contributed by atoms with Gasteiger partial charge in [-0.3, -0.25) is 14.6 Å². The number of aliphatic hydroxyl groups excluding tert-OH is 1. The fourth-order valence-corrected chi connectivity index (χ4v) is 3.62. The third-order valence-corrected chi connectivity index (χ3v) is 5.19. The van der Waals surface area contributed by atoms with Gasteiger partial charge in [-0.2, -0.15) is 0 Å². The van der Waals surface area contributed by atoms with Crippen LogP contribution in [0.2, 0.25) is 0 Å². The van der Waals surface area contributed by atoms with Crippen molar-refractivity contribution in [2.75, 3.05) is 7.11 Å². The second-order valence-electron chi connectivity index (χ2n) is 7.06. The molecule has 1 N–H and O–H groups in total. The average Bonchev–Trinajstić information content (AvgIpc) is 3.05. The van der Waals surface area contributed by atoms with E-state index in [-0.39, 0.29) is 23.4 Å². The lowest BCUT2D eigenvalue weighted by molar-refractivity contribution is -0.140. The normalized spacial score (nSPS) is 17.7. The zero-order valence-corrected chi connectivity index (χ0v) is 16.7. The first-order valence-electron chi connectivity index (χ1n) is 9.57. The van der Waals surface area contributed by atoms with Crippen molar-refractivity contribution in [2.24, 2.45) is 0 Å². The number of carbonyl (C=O) groups excluding carboxylic acids is 2. The van der Waals surface area contributed by atoms with E-state index in [4.69, 9.17) is 4.74 Å². The summed E-state index contributed by atoms with van der Waals surface area (Å²) in [6.07, 6.45) is 3.21. The fourth-order valence-electron chi connectivity index (χ4n) is 3.62. The number of nitrogens with zero attached hydrogens (tertiary/aromatic N) is 2. The maximum absolute atomic E-state index is 13.3. The number of ether oxygens (including phenoxy) is 1. The van der Waals surface area contributed by atoms with E-state index in [9.17, 15) is 19.1 Å². The molecule has 2 heterocycles.